The van der Waals surface area contributed by atoms with Gasteiger partial charge >= 0.3 is 5.97 Å². The molecule has 0 aliphatic heterocycles. The van der Waals surface area contributed by atoms with E-state index in [1.165, 1.54) is 0 Å². The molecule has 2 N–H and O–H groups in total. The Morgan fingerprint density at radius 3 is 2.71 bits per heavy atom. The minimum absolute atomic E-state index is 0.139. The van der Waals surface area contributed by atoms with Crippen LogP contribution >= 0.6 is 23.2 Å². The van der Waals surface area contributed by atoms with Crippen molar-refractivity contribution in [3.63, 3.8) is 0 Å². The lowest BCUT2D eigenvalue weighted by molar-refractivity contribution is -0.142. The first kappa shape index (κ1) is 17.8. The van der Waals surface area contributed by atoms with Crippen molar-refractivity contribution in [2.24, 2.45) is 5.92 Å². The van der Waals surface area contributed by atoms with Crippen molar-refractivity contribution in [2.75, 3.05) is 19.8 Å². The van der Waals surface area contributed by atoms with Gasteiger partial charge in [-0.2, -0.15) is 0 Å². The second-order valence-corrected chi connectivity index (χ2v) is 5.42. The van der Waals surface area contributed by atoms with Gasteiger partial charge in [0, 0.05) is 22.5 Å². The topological polar surface area (TPSA) is 75.6 Å². The summed E-state index contributed by atoms with van der Waals surface area (Å²) in [7, 11) is 0. The van der Waals surface area contributed by atoms with Crippen LogP contribution in [0, 0.1) is 5.92 Å². The van der Waals surface area contributed by atoms with E-state index in [1.54, 1.807) is 25.1 Å². The third-order valence-corrected chi connectivity index (χ3v) is 3.35. The molecular formula is C14H17Cl2NO4. The number of benzene rings is 1. The minimum Gasteiger partial charge on any atom is -0.480 e. The van der Waals surface area contributed by atoms with E-state index in [1.807, 2.05) is 0 Å². The Kier molecular flexibility index (Phi) is 7.50. The summed E-state index contributed by atoms with van der Waals surface area (Å²) in [5.74, 6) is -1.44. The van der Waals surface area contributed by atoms with Crippen LogP contribution in [-0.4, -0.2) is 36.7 Å². The molecule has 0 aromatic heterocycles. The zero-order valence-electron chi connectivity index (χ0n) is 11.6. The minimum atomic E-state index is -1.04. The van der Waals surface area contributed by atoms with Crippen LogP contribution in [0.25, 0.3) is 0 Å². The Bertz CT molecular complexity index is 508. The highest BCUT2D eigenvalue weighted by Gasteiger charge is 2.14. The quantitative estimate of drug-likeness (QED) is 0.716. The average Bonchev–Trinajstić information content (AvgIpc) is 2.40. The number of carbonyl (C=O) groups excluding carboxylic acids is 1. The van der Waals surface area contributed by atoms with Gasteiger partial charge < -0.3 is 15.2 Å². The van der Waals surface area contributed by atoms with Crippen molar-refractivity contribution in [3.8, 4) is 0 Å². The highest BCUT2D eigenvalue weighted by Crippen LogP contribution is 2.23. The Hall–Kier alpha value is -1.30. The summed E-state index contributed by atoms with van der Waals surface area (Å²) in [5.41, 5.74) is 0.853. The van der Waals surface area contributed by atoms with E-state index in [-0.39, 0.29) is 31.6 Å². The molecule has 1 aromatic rings. The maximum absolute atomic E-state index is 11.9. The van der Waals surface area contributed by atoms with Gasteiger partial charge in [0.2, 0.25) is 5.91 Å². The van der Waals surface area contributed by atoms with Gasteiger partial charge in [0.25, 0.3) is 0 Å². The fourth-order valence-corrected chi connectivity index (χ4v) is 2.18. The molecule has 0 saturated carbocycles. The molecule has 1 unspecified atom stereocenters. The second kappa shape index (κ2) is 8.87. The van der Waals surface area contributed by atoms with Gasteiger partial charge in [0.1, 0.15) is 6.61 Å². The van der Waals surface area contributed by atoms with Gasteiger partial charge in [-0.05, 0) is 24.1 Å². The van der Waals surface area contributed by atoms with Crippen LogP contribution in [0.4, 0.5) is 0 Å². The van der Waals surface area contributed by atoms with Gasteiger partial charge in [-0.25, -0.2) is 4.79 Å². The molecule has 1 amide bonds. The van der Waals surface area contributed by atoms with Gasteiger partial charge in [0.05, 0.1) is 6.61 Å². The predicted molar refractivity (Wildman–Crippen MR) is 80.8 cm³/mol. The number of aliphatic carboxylic acids is 1. The number of rotatable bonds is 8. The first-order valence-corrected chi connectivity index (χ1v) is 7.17. The third-order valence-electron chi connectivity index (χ3n) is 2.76. The van der Waals surface area contributed by atoms with Crippen molar-refractivity contribution >= 4 is 35.1 Å². The molecule has 7 heteroatoms. The molecule has 0 saturated heterocycles. The lowest BCUT2D eigenvalue weighted by Gasteiger charge is -2.13. The van der Waals surface area contributed by atoms with Crippen LogP contribution in [-0.2, 0) is 20.7 Å². The molecular weight excluding hydrogens is 317 g/mol. The molecule has 1 aromatic carbocycles. The largest absolute Gasteiger partial charge is 0.480 e. The summed E-state index contributed by atoms with van der Waals surface area (Å²) in [5, 5.41) is 12.2. The van der Waals surface area contributed by atoms with Crippen molar-refractivity contribution in [3.05, 3.63) is 33.8 Å². The Balaban J connectivity index is 2.35. The summed E-state index contributed by atoms with van der Waals surface area (Å²) >= 11 is 11.9. The van der Waals surface area contributed by atoms with E-state index in [4.69, 9.17) is 33.0 Å². The van der Waals surface area contributed by atoms with Crippen LogP contribution in [0.3, 0.4) is 0 Å². The van der Waals surface area contributed by atoms with Crippen LogP contribution < -0.4 is 5.32 Å². The highest BCUT2D eigenvalue weighted by atomic mass is 35.5. The van der Waals surface area contributed by atoms with Crippen molar-refractivity contribution in [1.29, 1.82) is 0 Å². The fourth-order valence-electron chi connectivity index (χ4n) is 1.69. The van der Waals surface area contributed by atoms with Crippen molar-refractivity contribution in [2.45, 2.75) is 13.3 Å². The number of carboxylic acids is 1. The zero-order chi connectivity index (χ0) is 15.8. The molecule has 0 radical (unpaired) electrons. The molecule has 0 fully saturated rings. The summed E-state index contributed by atoms with van der Waals surface area (Å²) in [6.07, 6.45) is 0.498. The average molecular weight is 334 g/mol. The van der Waals surface area contributed by atoms with E-state index < -0.39 is 5.97 Å². The van der Waals surface area contributed by atoms with Gasteiger partial charge in [0.15, 0.2) is 0 Å². The maximum atomic E-state index is 11.9. The van der Waals surface area contributed by atoms with E-state index >= 15 is 0 Å². The summed E-state index contributed by atoms with van der Waals surface area (Å²) in [6.45, 7) is 1.85. The summed E-state index contributed by atoms with van der Waals surface area (Å²) < 4.78 is 4.83. The normalized spacial score (nSPS) is 12.0. The van der Waals surface area contributed by atoms with Crippen LogP contribution in [0.5, 0.6) is 0 Å². The van der Waals surface area contributed by atoms with Gasteiger partial charge in [-0.3, -0.25) is 4.79 Å². The van der Waals surface area contributed by atoms with Gasteiger partial charge in [-0.1, -0.05) is 36.2 Å². The number of carbonyl (C=O) groups is 2. The lowest BCUT2D eigenvalue weighted by atomic mass is 10.0. The van der Waals surface area contributed by atoms with Crippen LogP contribution in [0.2, 0.25) is 10.0 Å². The number of hydrogen-bond donors (Lipinski definition) is 2. The molecule has 0 aliphatic carbocycles. The number of ether oxygens (including phenoxy) is 1. The molecule has 116 valence electrons. The molecule has 21 heavy (non-hydrogen) atoms. The summed E-state index contributed by atoms with van der Waals surface area (Å²) in [4.78, 5) is 22.1. The number of amides is 1. The molecule has 0 aliphatic rings. The van der Waals surface area contributed by atoms with E-state index in [0.29, 0.717) is 16.5 Å². The Labute approximate surface area is 133 Å². The predicted octanol–water partition coefficient (Wildman–Crippen LogP) is 2.39. The number of halogens is 2. The van der Waals surface area contributed by atoms with Crippen molar-refractivity contribution < 1.29 is 19.4 Å². The molecule has 5 nitrogen and oxygen atoms in total. The molecule has 0 bridgehead atoms. The highest BCUT2D eigenvalue weighted by molar-refractivity contribution is 6.35. The lowest BCUT2D eigenvalue weighted by Crippen LogP contribution is -2.33. The third kappa shape index (κ3) is 6.80. The number of nitrogens with one attached hydrogen (secondary N) is 1. The smallest absolute Gasteiger partial charge is 0.329 e. The molecule has 1 atom stereocenters. The van der Waals surface area contributed by atoms with Crippen LogP contribution in [0.1, 0.15) is 12.5 Å². The second-order valence-electron chi connectivity index (χ2n) is 4.58. The Morgan fingerprint density at radius 1 is 1.38 bits per heavy atom. The zero-order valence-corrected chi connectivity index (χ0v) is 13.1. The van der Waals surface area contributed by atoms with Gasteiger partial charge in [-0.15, -0.1) is 0 Å². The molecule has 0 spiro atoms. The summed E-state index contributed by atoms with van der Waals surface area (Å²) in [6, 6.07) is 5.17. The van der Waals surface area contributed by atoms with Crippen LogP contribution in [0.15, 0.2) is 18.2 Å². The fraction of sp³-hybridized carbons (Fsp3) is 0.429. The molecule has 0 heterocycles. The monoisotopic (exact) mass is 333 g/mol. The van der Waals surface area contributed by atoms with E-state index in [0.717, 1.165) is 5.56 Å². The number of carboxylic acid groups (broad SMARTS) is 1. The van der Waals surface area contributed by atoms with E-state index in [9.17, 15) is 9.59 Å². The first-order chi connectivity index (χ1) is 9.90. The first-order valence-electron chi connectivity index (χ1n) is 6.41. The molecule has 1 rings (SSSR count). The Morgan fingerprint density at radius 2 is 2.10 bits per heavy atom. The number of hydrogen-bond acceptors (Lipinski definition) is 3. The van der Waals surface area contributed by atoms with Crippen molar-refractivity contribution in [1.82, 2.24) is 5.32 Å². The SMILES string of the molecule is CC(Cc1ccc(Cl)cc1Cl)C(=O)NCCOCC(=O)O. The standard InChI is InChI=1S/C14H17Cl2NO4/c1-9(6-10-2-3-11(15)7-12(10)16)14(20)17-4-5-21-8-13(18)19/h2-3,7,9H,4-6,8H2,1H3,(H,17,20)(H,18,19). The maximum Gasteiger partial charge on any atom is 0.329 e. The van der Waals surface area contributed by atoms with E-state index in [2.05, 4.69) is 5.32 Å².